The number of amides is 2. The van der Waals surface area contributed by atoms with Gasteiger partial charge in [-0.3, -0.25) is 9.59 Å². The van der Waals surface area contributed by atoms with Crippen LogP contribution in [0.3, 0.4) is 0 Å². The van der Waals surface area contributed by atoms with Gasteiger partial charge in [-0.15, -0.1) is 0 Å². The highest BCUT2D eigenvalue weighted by atomic mass is 32.2. The van der Waals surface area contributed by atoms with Gasteiger partial charge in [-0.25, -0.2) is 0 Å². The number of ether oxygens (including phenoxy) is 2. The Labute approximate surface area is 200 Å². The SMILES string of the molecule is COc1ccc(C2(CNC(=O)C(CCSC)NC(=O)c3cccc(C)c3)CCOCC2)cc1. The maximum absolute atomic E-state index is 13.2. The van der Waals surface area contributed by atoms with Crippen LogP contribution in [-0.4, -0.2) is 56.7 Å². The Morgan fingerprint density at radius 1 is 1.15 bits per heavy atom. The smallest absolute Gasteiger partial charge is 0.251 e. The van der Waals surface area contributed by atoms with Gasteiger partial charge in [-0.1, -0.05) is 29.8 Å². The molecule has 2 amide bonds. The lowest BCUT2D eigenvalue weighted by molar-refractivity contribution is -0.123. The third kappa shape index (κ3) is 6.74. The van der Waals surface area contributed by atoms with Gasteiger partial charge in [-0.2, -0.15) is 11.8 Å². The van der Waals surface area contributed by atoms with Crippen molar-refractivity contribution in [2.24, 2.45) is 0 Å². The predicted molar refractivity (Wildman–Crippen MR) is 133 cm³/mol. The summed E-state index contributed by atoms with van der Waals surface area (Å²) in [6, 6.07) is 14.9. The molecule has 33 heavy (non-hydrogen) atoms. The molecule has 3 rings (SSSR count). The molecule has 2 aromatic rings. The van der Waals surface area contributed by atoms with E-state index in [2.05, 4.69) is 22.8 Å². The van der Waals surface area contributed by atoms with Crippen LogP contribution in [0.15, 0.2) is 48.5 Å². The first-order valence-corrected chi connectivity index (χ1v) is 12.7. The highest BCUT2D eigenvalue weighted by Gasteiger charge is 2.35. The Bertz CT molecular complexity index is 926. The fourth-order valence-corrected chi connectivity index (χ4v) is 4.66. The van der Waals surface area contributed by atoms with Crippen LogP contribution in [0, 0.1) is 6.92 Å². The molecule has 2 aromatic carbocycles. The quantitative estimate of drug-likeness (QED) is 0.554. The maximum atomic E-state index is 13.2. The highest BCUT2D eigenvalue weighted by Crippen LogP contribution is 2.35. The third-order valence-corrected chi connectivity index (χ3v) is 6.91. The van der Waals surface area contributed by atoms with E-state index < -0.39 is 6.04 Å². The van der Waals surface area contributed by atoms with Crippen LogP contribution >= 0.6 is 11.8 Å². The van der Waals surface area contributed by atoms with Crippen molar-refractivity contribution in [1.82, 2.24) is 10.6 Å². The van der Waals surface area contributed by atoms with E-state index in [9.17, 15) is 9.59 Å². The molecule has 1 heterocycles. The number of aryl methyl sites for hydroxylation is 1. The molecule has 0 bridgehead atoms. The minimum Gasteiger partial charge on any atom is -0.497 e. The van der Waals surface area contributed by atoms with Crippen LogP contribution in [0.4, 0.5) is 0 Å². The summed E-state index contributed by atoms with van der Waals surface area (Å²) < 4.78 is 10.9. The van der Waals surface area contributed by atoms with Gasteiger partial charge in [0.1, 0.15) is 11.8 Å². The number of carbonyl (C=O) groups is 2. The van der Waals surface area contributed by atoms with E-state index in [0.29, 0.717) is 31.7 Å². The number of hydrogen-bond donors (Lipinski definition) is 2. The average Bonchev–Trinajstić information content (AvgIpc) is 2.85. The average molecular weight is 471 g/mol. The summed E-state index contributed by atoms with van der Waals surface area (Å²) in [5.74, 6) is 1.21. The second-order valence-electron chi connectivity index (χ2n) is 8.52. The lowest BCUT2D eigenvalue weighted by Crippen LogP contribution is -2.51. The Morgan fingerprint density at radius 3 is 2.52 bits per heavy atom. The normalized spacial score (nSPS) is 16.0. The number of benzene rings is 2. The van der Waals surface area contributed by atoms with Crippen molar-refractivity contribution < 1.29 is 19.1 Å². The number of hydrogen-bond acceptors (Lipinski definition) is 5. The molecule has 1 atom stereocenters. The number of carbonyl (C=O) groups excluding carboxylic acids is 2. The molecule has 1 saturated heterocycles. The Kier molecular flexibility index (Phi) is 9.21. The summed E-state index contributed by atoms with van der Waals surface area (Å²) in [5, 5.41) is 6.09. The van der Waals surface area contributed by atoms with Crippen molar-refractivity contribution in [3.05, 3.63) is 65.2 Å². The molecule has 1 aliphatic rings. The summed E-state index contributed by atoms with van der Waals surface area (Å²) >= 11 is 1.66. The number of nitrogens with one attached hydrogen (secondary N) is 2. The summed E-state index contributed by atoms with van der Waals surface area (Å²) in [6.07, 6.45) is 4.22. The van der Waals surface area contributed by atoms with Crippen LogP contribution in [-0.2, 0) is 14.9 Å². The molecule has 0 aromatic heterocycles. The molecular weight excluding hydrogens is 436 g/mol. The zero-order chi connectivity index (χ0) is 23.7. The van der Waals surface area contributed by atoms with E-state index >= 15 is 0 Å². The third-order valence-electron chi connectivity index (χ3n) is 6.27. The fraction of sp³-hybridized carbons (Fsp3) is 0.462. The van der Waals surface area contributed by atoms with Gasteiger partial charge >= 0.3 is 0 Å². The van der Waals surface area contributed by atoms with E-state index in [-0.39, 0.29) is 17.2 Å². The molecular formula is C26H34N2O4S. The van der Waals surface area contributed by atoms with Crippen molar-refractivity contribution in [2.45, 2.75) is 37.6 Å². The van der Waals surface area contributed by atoms with E-state index in [1.807, 2.05) is 43.5 Å². The minimum absolute atomic E-state index is 0.149. The summed E-state index contributed by atoms with van der Waals surface area (Å²) in [4.78, 5) is 26.0. The van der Waals surface area contributed by atoms with Crippen LogP contribution < -0.4 is 15.4 Å². The van der Waals surface area contributed by atoms with Gasteiger partial charge in [0.15, 0.2) is 0 Å². The molecule has 0 aliphatic carbocycles. The Balaban J connectivity index is 1.71. The van der Waals surface area contributed by atoms with Gasteiger partial charge in [0.25, 0.3) is 5.91 Å². The monoisotopic (exact) mass is 470 g/mol. The largest absolute Gasteiger partial charge is 0.497 e. The predicted octanol–water partition coefficient (Wildman–Crippen LogP) is 3.72. The zero-order valence-corrected chi connectivity index (χ0v) is 20.5. The lowest BCUT2D eigenvalue weighted by Gasteiger charge is -2.38. The summed E-state index contributed by atoms with van der Waals surface area (Å²) in [5.41, 5.74) is 2.53. The second kappa shape index (κ2) is 12.1. The molecule has 0 saturated carbocycles. The van der Waals surface area contributed by atoms with Gasteiger partial charge in [0.05, 0.1) is 7.11 Å². The van der Waals surface area contributed by atoms with E-state index in [1.165, 1.54) is 0 Å². The zero-order valence-electron chi connectivity index (χ0n) is 19.7. The minimum atomic E-state index is -0.585. The first kappa shape index (κ1) is 25.1. The van der Waals surface area contributed by atoms with Crippen LogP contribution in [0.1, 0.15) is 40.7 Å². The molecule has 0 spiro atoms. The number of methoxy groups -OCH3 is 1. The molecule has 1 aliphatic heterocycles. The molecule has 2 N–H and O–H groups in total. The molecule has 1 fully saturated rings. The molecule has 6 nitrogen and oxygen atoms in total. The second-order valence-corrected chi connectivity index (χ2v) is 9.50. The van der Waals surface area contributed by atoms with Gasteiger partial charge in [0.2, 0.25) is 5.91 Å². The van der Waals surface area contributed by atoms with Crippen LogP contribution in [0.2, 0.25) is 0 Å². The number of rotatable bonds is 10. The molecule has 0 radical (unpaired) electrons. The lowest BCUT2D eigenvalue weighted by atomic mass is 9.74. The molecule has 1 unspecified atom stereocenters. The van der Waals surface area contributed by atoms with Crippen molar-refractivity contribution in [3.63, 3.8) is 0 Å². The first-order chi connectivity index (χ1) is 16.0. The Hall–Kier alpha value is -2.51. The molecule has 178 valence electrons. The van der Waals surface area contributed by atoms with E-state index in [1.54, 1.807) is 24.9 Å². The summed E-state index contributed by atoms with van der Waals surface area (Å²) in [6.45, 7) is 3.75. The van der Waals surface area contributed by atoms with Crippen LogP contribution in [0.25, 0.3) is 0 Å². The van der Waals surface area contributed by atoms with Crippen molar-refractivity contribution >= 4 is 23.6 Å². The van der Waals surface area contributed by atoms with Gasteiger partial charge < -0.3 is 20.1 Å². The van der Waals surface area contributed by atoms with Gasteiger partial charge in [-0.05, 0) is 68.0 Å². The van der Waals surface area contributed by atoms with Crippen molar-refractivity contribution in [2.75, 3.05) is 38.9 Å². The van der Waals surface area contributed by atoms with Gasteiger partial charge in [0, 0.05) is 30.7 Å². The topological polar surface area (TPSA) is 76.7 Å². The van der Waals surface area contributed by atoms with Crippen molar-refractivity contribution in [3.8, 4) is 5.75 Å². The summed E-state index contributed by atoms with van der Waals surface area (Å²) in [7, 11) is 1.65. The van der Waals surface area contributed by atoms with E-state index in [4.69, 9.17) is 9.47 Å². The molecule has 7 heteroatoms. The Morgan fingerprint density at radius 2 is 1.88 bits per heavy atom. The van der Waals surface area contributed by atoms with Crippen molar-refractivity contribution in [1.29, 1.82) is 0 Å². The van der Waals surface area contributed by atoms with Crippen LogP contribution in [0.5, 0.6) is 5.75 Å². The first-order valence-electron chi connectivity index (χ1n) is 11.3. The van der Waals surface area contributed by atoms with E-state index in [0.717, 1.165) is 35.5 Å². The maximum Gasteiger partial charge on any atom is 0.251 e. The fourth-order valence-electron chi connectivity index (χ4n) is 4.19. The standard InChI is InChI=1S/C26H34N2O4S/c1-19-5-4-6-20(17-19)24(29)28-23(11-16-33-3)25(30)27-18-26(12-14-32-15-13-26)21-7-9-22(31-2)10-8-21/h4-10,17,23H,11-16,18H2,1-3H3,(H,27,30)(H,28,29). The number of thioether (sulfide) groups is 1. The highest BCUT2D eigenvalue weighted by molar-refractivity contribution is 7.98.